The van der Waals surface area contributed by atoms with Gasteiger partial charge in [0.2, 0.25) is 0 Å². The molecule has 6 rings (SSSR count). The second kappa shape index (κ2) is 5.56. The molecule has 142 valence electrons. The zero-order valence-electron chi connectivity index (χ0n) is 16.4. The normalized spacial score (nSPS) is 17.0. The van der Waals surface area contributed by atoms with E-state index in [0.29, 0.717) is 11.8 Å². The Kier molecular flexibility index (Phi) is 3.20. The molecule has 4 aromatic rings. The molecule has 0 amide bonds. The summed E-state index contributed by atoms with van der Waals surface area (Å²) >= 11 is 0. The van der Waals surface area contributed by atoms with Gasteiger partial charge in [-0.3, -0.25) is 5.10 Å². The lowest BCUT2D eigenvalue weighted by molar-refractivity contribution is 0.393. The predicted octanol–water partition coefficient (Wildman–Crippen LogP) is 5.29. The lowest BCUT2D eigenvalue weighted by Crippen LogP contribution is -1.91. The van der Waals surface area contributed by atoms with Crippen LogP contribution in [0.3, 0.4) is 0 Å². The van der Waals surface area contributed by atoms with Crippen LogP contribution in [0.1, 0.15) is 66.2 Å². The van der Waals surface area contributed by atoms with Gasteiger partial charge in [0.1, 0.15) is 11.6 Å². The molecule has 0 radical (unpaired) electrons. The summed E-state index contributed by atoms with van der Waals surface area (Å²) in [6, 6.07) is 4.44. The van der Waals surface area contributed by atoms with Crippen molar-refractivity contribution < 1.29 is 4.52 Å². The van der Waals surface area contributed by atoms with Gasteiger partial charge in [-0.2, -0.15) is 5.10 Å². The number of hydrogen-bond acceptors (Lipinski definition) is 4. The predicted molar refractivity (Wildman–Crippen MR) is 107 cm³/mol. The molecule has 3 aromatic heterocycles. The molecule has 2 fully saturated rings. The van der Waals surface area contributed by atoms with Crippen LogP contribution in [0.2, 0.25) is 0 Å². The van der Waals surface area contributed by atoms with E-state index in [9.17, 15) is 0 Å². The molecular formula is C22H23N5O. The van der Waals surface area contributed by atoms with E-state index in [1.165, 1.54) is 36.9 Å². The number of rotatable bonds is 4. The third-order valence-corrected chi connectivity index (χ3v) is 6.12. The second-order valence-electron chi connectivity index (χ2n) is 8.39. The molecule has 2 aliphatic rings. The number of H-pyrrole nitrogens is 2. The van der Waals surface area contributed by atoms with E-state index < -0.39 is 0 Å². The van der Waals surface area contributed by atoms with Crippen molar-refractivity contribution >= 4 is 11.0 Å². The minimum Gasteiger partial charge on any atom is -0.361 e. The van der Waals surface area contributed by atoms with E-state index in [4.69, 9.17) is 9.51 Å². The highest BCUT2D eigenvalue weighted by Crippen LogP contribution is 2.47. The van der Waals surface area contributed by atoms with Gasteiger partial charge < -0.3 is 9.51 Å². The smallest absolute Gasteiger partial charge is 0.141 e. The van der Waals surface area contributed by atoms with Gasteiger partial charge in [-0.1, -0.05) is 5.16 Å². The van der Waals surface area contributed by atoms with Crippen LogP contribution in [-0.2, 0) is 0 Å². The molecule has 2 N–H and O–H groups in total. The molecule has 0 aliphatic heterocycles. The number of imidazole rings is 1. The van der Waals surface area contributed by atoms with Gasteiger partial charge >= 0.3 is 0 Å². The lowest BCUT2D eigenvalue weighted by Gasteiger charge is -2.09. The van der Waals surface area contributed by atoms with Gasteiger partial charge in [0, 0.05) is 34.2 Å². The van der Waals surface area contributed by atoms with Crippen LogP contribution in [0, 0.1) is 20.8 Å². The molecule has 2 saturated carbocycles. The first-order chi connectivity index (χ1) is 13.6. The third-order valence-electron chi connectivity index (χ3n) is 6.12. The standard InChI is InChI=1S/C22H23N5O/c1-10-19(20(26-25-10)13-4-5-13)16-8-15(18-11(2)27-28-12(18)3)9-17-21(16)24-22(23-17)14-6-7-14/h8-9,13-14H,4-7H2,1-3H3,(H,23,24)(H,25,26). The summed E-state index contributed by atoms with van der Waals surface area (Å²) in [7, 11) is 0. The second-order valence-corrected chi connectivity index (χ2v) is 8.39. The van der Waals surface area contributed by atoms with Gasteiger partial charge in [-0.05, 0) is 64.2 Å². The fourth-order valence-corrected chi connectivity index (χ4v) is 4.37. The number of aryl methyl sites for hydroxylation is 3. The van der Waals surface area contributed by atoms with E-state index in [1.807, 2.05) is 13.8 Å². The molecule has 0 atom stereocenters. The lowest BCUT2D eigenvalue weighted by atomic mass is 9.94. The monoisotopic (exact) mass is 373 g/mol. The Hall–Kier alpha value is -2.89. The summed E-state index contributed by atoms with van der Waals surface area (Å²) in [6.45, 7) is 6.05. The van der Waals surface area contributed by atoms with Crippen LogP contribution in [0.15, 0.2) is 16.7 Å². The average molecular weight is 373 g/mol. The number of aromatic nitrogens is 5. The Bertz CT molecular complexity index is 1200. The number of benzene rings is 1. The quantitative estimate of drug-likeness (QED) is 0.509. The SMILES string of the molecule is Cc1n[nH]c(C2CC2)c1-c1cc(-c2c(C)noc2C)cc2[nH]c(C3CC3)nc12. The molecule has 0 saturated heterocycles. The van der Waals surface area contributed by atoms with Crippen LogP contribution < -0.4 is 0 Å². The first kappa shape index (κ1) is 16.1. The molecular weight excluding hydrogens is 350 g/mol. The third kappa shape index (κ3) is 2.37. The Morgan fingerprint density at radius 2 is 1.75 bits per heavy atom. The van der Waals surface area contributed by atoms with Gasteiger partial charge in [-0.25, -0.2) is 4.98 Å². The zero-order chi connectivity index (χ0) is 19.0. The Balaban J connectivity index is 1.65. The number of fused-ring (bicyclic) bond motifs is 1. The van der Waals surface area contributed by atoms with Crippen molar-refractivity contribution in [3.63, 3.8) is 0 Å². The molecule has 2 aliphatic carbocycles. The van der Waals surface area contributed by atoms with E-state index >= 15 is 0 Å². The summed E-state index contributed by atoms with van der Waals surface area (Å²) in [5.74, 6) is 3.13. The minimum atomic E-state index is 0.580. The van der Waals surface area contributed by atoms with Crippen LogP contribution in [-0.4, -0.2) is 25.3 Å². The molecule has 1 aromatic carbocycles. The Morgan fingerprint density at radius 3 is 2.43 bits per heavy atom. The first-order valence-electron chi connectivity index (χ1n) is 10.1. The van der Waals surface area contributed by atoms with E-state index in [1.54, 1.807) is 0 Å². The number of nitrogens with one attached hydrogen (secondary N) is 2. The molecule has 0 spiro atoms. The molecule has 6 nitrogen and oxygen atoms in total. The molecule has 6 heteroatoms. The Labute approximate surface area is 162 Å². The van der Waals surface area contributed by atoms with Crippen LogP contribution in [0.25, 0.3) is 33.3 Å². The number of aromatic amines is 2. The number of hydrogen-bond donors (Lipinski definition) is 2. The highest BCUT2D eigenvalue weighted by atomic mass is 16.5. The molecule has 28 heavy (non-hydrogen) atoms. The van der Waals surface area contributed by atoms with Crippen LogP contribution >= 0.6 is 0 Å². The van der Waals surface area contributed by atoms with E-state index in [0.717, 1.165) is 50.7 Å². The molecule has 0 unspecified atom stereocenters. The fourth-order valence-electron chi connectivity index (χ4n) is 4.37. The molecule has 3 heterocycles. The van der Waals surface area contributed by atoms with Gasteiger partial charge in [0.25, 0.3) is 0 Å². The first-order valence-corrected chi connectivity index (χ1v) is 10.1. The van der Waals surface area contributed by atoms with Crippen LogP contribution in [0.5, 0.6) is 0 Å². The topological polar surface area (TPSA) is 83.4 Å². The van der Waals surface area contributed by atoms with Crippen molar-refractivity contribution in [2.24, 2.45) is 0 Å². The summed E-state index contributed by atoms with van der Waals surface area (Å²) in [4.78, 5) is 8.62. The van der Waals surface area contributed by atoms with Gasteiger partial charge in [-0.15, -0.1) is 0 Å². The largest absolute Gasteiger partial charge is 0.361 e. The fraction of sp³-hybridized carbons (Fsp3) is 0.409. The summed E-state index contributed by atoms with van der Waals surface area (Å²) in [5.41, 5.74) is 9.89. The van der Waals surface area contributed by atoms with Crippen molar-refractivity contribution in [3.8, 4) is 22.3 Å². The maximum Gasteiger partial charge on any atom is 0.141 e. The maximum atomic E-state index is 5.45. The van der Waals surface area contributed by atoms with Crippen molar-refractivity contribution in [2.75, 3.05) is 0 Å². The Morgan fingerprint density at radius 1 is 0.964 bits per heavy atom. The van der Waals surface area contributed by atoms with E-state index in [-0.39, 0.29) is 0 Å². The summed E-state index contributed by atoms with van der Waals surface area (Å²) in [6.07, 6.45) is 4.92. The van der Waals surface area contributed by atoms with Crippen LogP contribution in [0.4, 0.5) is 0 Å². The van der Waals surface area contributed by atoms with Gasteiger partial charge in [0.15, 0.2) is 0 Å². The zero-order valence-corrected chi connectivity index (χ0v) is 16.4. The highest BCUT2D eigenvalue weighted by Gasteiger charge is 2.32. The minimum absolute atomic E-state index is 0.580. The van der Waals surface area contributed by atoms with Crippen molar-refractivity contribution in [3.05, 3.63) is 40.8 Å². The summed E-state index contributed by atoms with van der Waals surface area (Å²) in [5, 5.41) is 12.0. The van der Waals surface area contributed by atoms with E-state index in [2.05, 4.69) is 39.4 Å². The maximum absolute atomic E-state index is 5.45. The van der Waals surface area contributed by atoms with Crippen molar-refractivity contribution in [1.29, 1.82) is 0 Å². The van der Waals surface area contributed by atoms with Gasteiger partial charge in [0.05, 0.1) is 22.4 Å². The van der Waals surface area contributed by atoms with Crippen molar-refractivity contribution in [1.82, 2.24) is 25.3 Å². The summed E-state index contributed by atoms with van der Waals surface area (Å²) < 4.78 is 5.45. The molecule has 0 bridgehead atoms. The van der Waals surface area contributed by atoms with Crippen molar-refractivity contribution in [2.45, 2.75) is 58.3 Å². The highest BCUT2D eigenvalue weighted by molar-refractivity contribution is 5.97. The average Bonchev–Trinajstić information content (AvgIpc) is 3.59. The number of nitrogens with zero attached hydrogens (tertiary/aromatic N) is 3.